The number of aromatic nitrogens is 2. The van der Waals surface area contributed by atoms with Gasteiger partial charge in [-0.1, -0.05) is 29.8 Å². The summed E-state index contributed by atoms with van der Waals surface area (Å²) in [5.41, 5.74) is 2.84. The predicted molar refractivity (Wildman–Crippen MR) is 110 cm³/mol. The lowest BCUT2D eigenvalue weighted by atomic mass is 10.2. The molecule has 2 amide bonds. The molecule has 0 radical (unpaired) electrons. The summed E-state index contributed by atoms with van der Waals surface area (Å²) in [4.78, 5) is 26.5. The van der Waals surface area contributed by atoms with Crippen molar-refractivity contribution in [2.24, 2.45) is 0 Å². The Morgan fingerprint density at radius 3 is 2.46 bits per heavy atom. The Balaban J connectivity index is 1.65. The summed E-state index contributed by atoms with van der Waals surface area (Å²) in [6.45, 7) is 0.252. The SMILES string of the molecule is CN(C)c1ccc(CNC(=O)C(=O)Nc2cccc(Cl)c2-n2cccn2)cc1. The molecule has 2 N–H and O–H groups in total. The van der Waals surface area contributed by atoms with Crippen LogP contribution in [-0.4, -0.2) is 35.7 Å². The summed E-state index contributed by atoms with van der Waals surface area (Å²) in [7, 11) is 3.91. The van der Waals surface area contributed by atoms with E-state index in [2.05, 4.69) is 15.7 Å². The smallest absolute Gasteiger partial charge is 0.313 e. The van der Waals surface area contributed by atoms with Crippen LogP contribution in [0.4, 0.5) is 11.4 Å². The first-order chi connectivity index (χ1) is 13.5. The standard InChI is InChI=1S/C20H20ClN5O2/c1-25(2)15-9-7-14(8-10-15)13-22-19(27)20(28)24-17-6-3-5-16(21)18(17)26-12-4-11-23-26/h3-12H,13H2,1-2H3,(H,22,27)(H,24,28). The maximum atomic E-state index is 12.3. The molecule has 0 spiro atoms. The first kappa shape index (κ1) is 19.4. The maximum Gasteiger partial charge on any atom is 0.313 e. The van der Waals surface area contributed by atoms with Crippen molar-refractivity contribution in [1.82, 2.24) is 15.1 Å². The van der Waals surface area contributed by atoms with E-state index in [4.69, 9.17) is 11.6 Å². The van der Waals surface area contributed by atoms with Gasteiger partial charge in [0.15, 0.2) is 0 Å². The van der Waals surface area contributed by atoms with Crippen LogP contribution in [0.5, 0.6) is 0 Å². The molecule has 3 aromatic rings. The second kappa shape index (κ2) is 8.58. The molecule has 0 fully saturated rings. The summed E-state index contributed by atoms with van der Waals surface area (Å²) in [6, 6.07) is 14.5. The highest BCUT2D eigenvalue weighted by Gasteiger charge is 2.17. The monoisotopic (exact) mass is 397 g/mol. The molecule has 7 nitrogen and oxygen atoms in total. The number of rotatable bonds is 5. The summed E-state index contributed by atoms with van der Waals surface area (Å²) in [6.07, 6.45) is 3.30. The largest absolute Gasteiger partial charge is 0.378 e. The highest BCUT2D eigenvalue weighted by Crippen LogP contribution is 2.27. The third-order valence-corrected chi connectivity index (χ3v) is 4.39. The molecular weight excluding hydrogens is 378 g/mol. The number of nitrogens with zero attached hydrogens (tertiary/aromatic N) is 3. The van der Waals surface area contributed by atoms with E-state index in [1.807, 2.05) is 43.3 Å². The Morgan fingerprint density at radius 2 is 1.82 bits per heavy atom. The van der Waals surface area contributed by atoms with Gasteiger partial charge in [0.2, 0.25) is 0 Å². The van der Waals surface area contributed by atoms with Crippen molar-refractivity contribution >= 4 is 34.8 Å². The van der Waals surface area contributed by atoms with Gasteiger partial charge in [0, 0.05) is 38.7 Å². The molecule has 0 aliphatic rings. The van der Waals surface area contributed by atoms with Gasteiger partial charge in [-0.15, -0.1) is 0 Å². The molecular formula is C20H20ClN5O2. The number of carbonyl (C=O) groups is 2. The van der Waals surface area contributed by atoms with E-state index in [-0.39, 0.29) is 6.54 Å². The Hall–Kier alpha value is -3.32. The lowest BCUT2D eigenvalue weighted by molar-refractivity contribution is -0.136. The van der Waals surface area contributed by atoms with Crippen molar-refractivity contribution in [1.29, 1.82) is 0 Å². The van der Waals surface area contributed by atoms with E-state index < -0.39 is 11.8 Å². The number of nitrogens with one attached hydrogen (secondary N) is 2. The molecule has 2 aromatic carbocycles. The Morgan fingerprint density at radius 1 is 1.07 bits per heavy atom. The average Bonchev–Trinajstić information content (AvgIpc) is 3.20. The van der Waals surface area contributed by atoms with Gasteiger partial charge >= 0.3 is 11.8 Å². The van der Waals surface area contributed by atoms with Gasteiger partial charge in [-0.25, -0.2) is 4.68 Å². The van der Waals surface area contributed by atoms with E-state index in [1.54, 1.807) is 36.7 Å². The molecule has 1 aromatic heterocycles. The fourth-order valence-corrected chi connectivity index (χ4v) is 2.86. The average molecular weight is 398 g/mol. The zero-order chi connectivity index (χ0) is 20.1. The van der Waals surface area contributed by atoms with E-state index in [1.165, 1.54) is 4.68 Å². The highest BCUT2D eigenvalue weighted by atomic mass is 35.5. The summed E-state index contributed by atoms with van der Waals surface area (Å²) >= 11 is 6.24. The van der Waals surface area contributed by atoms with Crippen LogP contribution in [0.25, 0.3) is 5.69 Å². The molecule has 8 heteroatoms. The number of hydrogen-bond acceptors (Lipinski definition) is 4. The molecule has 0 bridgehead atoms. The third-order valence-electron chi connectivity index (χ3n) is 4.08. The molecule has 0 unspecified atom stereocenters. The van der Waals surface area contributed by atoms with E-state index in [0.717, 1.165) is 11.3 Å². The Labute approximate surface area is 167 Å². The Bertz CT molecular complexity index is 969. The molecule has 0 aliphatic carbocycles. The number of para-hydroxylation sites is 1. The third kappa shape index (κ3) is 4.50. The van der Waals surface area contributed by atoms with E-state index in [9.17, 15) is 9.59 Å². The van der Waals surface area contributed by atoms with Crippen LogP contribution in [0.3, 0.4) is 0 Å². The van der Waals surface area contributed by atoms with Crippen molar-refractivity contribution in [2.75, 3.05) is 24.3 Å². The van der Waals surface area contributed by atoms with Crippen LogP contribution >= 0.6 is 11.6 Å². The zero-order valence-corrected chi connectivity index (χ0v) is 16.3. The number of carbonyl (C=O) groups excluding carboxylic acids is 2. The van der Waals surface area contributed by atoms with Gasteiger partial charge in [0.05, 0.1) is 10.7 Å². The van der Waals surface area contributed by atoms with Crippen LogP contribution < -0.4 is 15.5 Å². The lowest BCUT2D eigenvalue weighted by Gasteiger charge is -2.14. The molecule has 0 atom stereocenters. The minimum atomic E-state index is -0.777. The van der Waals surface area contributed by atoms with Crippen molar-refractivity contribution in [3.05, 3.63) is 71.5 Å². The second-order valence-corrected chi connectivity index (χ2v) is 6.69. The maximum absolute atomic E-state index is 12.3. The van der Waals surface area contributed by atoms with Gasteiger partial charge in [0.25, 0.3) is 0 Å². The molecule has 0 saturated heterocycles. The highest BCUT2D eigenvalue weighted by molar-refractivity contribution is 6.40. The number of amides is 2. The normalized spacial score (nSPS) is 10.4. The first-order valence-electron chi connectivity index (χ1n) is 8.59. The van der Waals surface area contributed by atoms with Crippen molar-refractivity contribution in [2.45, 2.75) is 6.54 Å². The van der Waals surface area contributed by atoms with Crippen LogP contribution in [0.2, 0.25) is 5.02 Å². The fraction of sp³-hybridized carbons (Fsp3) is 0.150. The zero-order valence-electron chi connectivity index (χ0n) is 15.5. The van der Waals surface area contributed by atoms with E-state index in [0.29, 0.717) is 16.4 Å². The number of halogens is 1. The van der Waals surface area contributed by atoms with Gasteiger partial charge in [0.1, 0.15) is 5.69 Å². The van der Waals surface area contributed by atoms with Crippen molar-refractivity contribution in [3.8, 4) is 5.69 Å². The van der Waals surface area contributed by atoms with Crippen LogP contribution in [0, 0.1) is 0 Å². The van der Waals surface area contributed by atoms with Crippen LogP contribution in [-0.2, 0) is 16.1 Å². The van der Waals surface area contributed by atoms with Gasteiger partial charge in [-0.2, -0.15) is 5.10 Å². The summed E-state index contributed by atoms with van der Waals surface area (Å²) in [5, 5.41) is 9.75. The lowest BCUT2D eigenvalue weighted by Crippen LogP contribution is -2.35. The van der Waals surface area contributed by atoms with Crippen LogP contribution in [0.15, 0.2) is 60.9 Å². The van der Waals surface area contributed by atoms with Gasteiger partial charge in [-0.3, -0.25) is 9.59 Å². The first-order valence-corrected chi connectivity index (χ1v) is 8.97. The summed E-state index contributed by atoms with van der Waals surface area (Å²) < 4.78 is 1.53. The summed E-state index contributed by atoms with van der Waals surface area (Å²) in [5.74, 6) is -1.51. The molecule has 1 heterocycles. The second-order valence-electron chi connectivity index (χ2n) is 6.28. The van der Waals surface area contributed by atoms with Crippen LogP contribution in [0.1, 0.15) is 5.56 Å². The van der Waals surface area contributed by atoms with Crippen molar-refractivity contribution in [3.63, 3.8) is 0 Å². The Kier molecular flexibility index (Phi) is 5.96. The predicted octanol–water partition coefficient (Wildman–Crippen LogP) is 2.85. The molecule has 28 heavy (non-hydrogen) atoms. The minimum Gasteiger partial charge on any atom is -0.378 e. The fourth-order valence-electron chi connectivity index (χ4n) is 2.60. The van der Waals surface area contributed by atoms with Gasteiger partial charge < -0.3 is 15.5 Å². The number of hydrogen-bond donors (Lipinski definition) is 2. The number of anilines is 2. The van der Waals surface area contributed by atoms with E-state index >= 15 is 0 Å². The topological polar surface area (TPSA) is 79.3 Å². The molecule has 0 aliphatic heterocycles. The molecule has 3 rings (SSSR count). The van der Waals surface area contributed by atoms with Gasteiger partial charge in [-0.05, 0) is 35.9 Å². The molecule has 0 saturated carbocycles. The minimum absolute atomic E-state index is 0.252. The quantitative estimate of drug-likeness (QED) is 0.649. The molecule has 144 valence electrons. The van der Waals surface area contributed by atoms with Crippen molar-refractivity contribution < 1.29 is 9.59 Å². The number of benzene rings is 2.